The summed E-state index contributed by atoms with van der Waals surface area (Å²) < 4.78 is 6.32. The lowest BCUT2D eigenvalue weighted by atomic mass is 10.1. The number of nitrogens with zero attached hydrogens (tertiary/aromatic N) is 2. The third kappa shape index (κ3) is 4.52. The summed E-state index contributed by atoms with van der Waals surface area (Å²) in [6.45, 7) is -0.0532. The largest absolute Gasteiger partial charge is 0.480 e. The van der Waals surface area contributed by atoms with Gasteiger partial charge in [0.2, 0.25) is 5.91 Å². The summed E-state index contributed by atoms with van der Waals surface area (Å²) in [6, 6.07) is -0.793. The Morgan fingerprint density at radius 1 is 1.67 bits per heavy atom. The normalized spacial score (nSPS) is 12.1. The summed E-state index contributed by atoms with van der Waals surface area (Å²) in [5.41, 5.74) is 6.33. The van der Waals surface area contributed by atoms with Crippen molar-refractivity contribution >= 4 is 11.9 Å². The quantitative estimate of drug-likeness (QED) is 0.518. The molecular weight excluding hydrogens is 240 g/mol. The second-order valence-electron chi connectivity index (χ2n) is 3.66. The molecule has 0 radical (unpaired) electrons. The number of aliphatic carboxylic acids is 1. The number of aryl methyl sites for hydroxylation is 1. The molecule has 1 aromatic rings. The standard InChI is InChI=1S/C10H16N4O4/c1-14-5-7(4-13-14)9(11)10(17)12-2-3-18-6-8(15)16/h4-5,9H,2-3,6,11H2,1H3,(H,12,17)(H,15,16). The fourth-order valence-electron chi connectivity index (χ4n) is 1.27. The number of rotatable bonds is 7. The predicted molar refractivity (Wildman–Crippen MR) is 61.6 cm³/mol. The molecule has 18 heavy (non-hydrogen) atoms. The van der Waals surface area contributed by atoms with Crippen LogP contribution in [0.3, 0.4) is 0 Å². The van der Waals surface area contributed by atoms with Crippen LogP contribution < -0.4 is 11.1 Å². The number of carbonyl (C=O) groups is 2. The van der Waals surface area contributed by atoms with Crippen molar-refractivity contribution in [2.24, 2.45) is 12.8 Å². The van der Waals surface area contributed by atoms with Gasteiger partial charge >= 0.3 is 5.97 Å². The molecule has 1 rings (SSSR count). The lowest BCUT2D eigenvalue weighted by Gasteiger charge is -2.10. The van der Waals surface area contributed by atoms with Gasteiger partial charge in [0.05, 0.1) is 12.8 Å². The van der Waals surface area contributed by atoms with Gasteiger partial charge in [0.25, 0.3) is 0 Å². The highest BCUT2D eigenvalue weighted by Gasteiger charge is 2.16. The molecule has 100 valence electrons. The second kappa shape index (κ2) is 6.72. The van der Waals surface area contributed by atoms with E-state index in [4.69, 9.17) is 15.6 Å². The van der Waals surface area contributed by atoms with E-state index >= 15 is 0 Å². The van der Waals surface area contributed by atoms with Crippen molar-refractivity contribution in [1.82, 2.24) is 15.1 Å². The Bertz CT molecular complexity index is 418. The van der Waals surface area contributed by atoms with Crippen molar-refractivity contribution in [2.75, 3.05) is 19.8 Å². The van der Waals surface area contributed by atoms with E-state index in [0.29, 0.717) is 5.56 Å². The Morgan fingerprint density at radius 2 is 2.39 bits per heavy atom. The van der Waals surface area contributed by atoms with Crippen LogP contribution in [0.15, 0.2) is 12.4 Å². The maximum atomic E-state index is 11.6. The van der Waals surface area contributed by atoms with E-state index in [0.717, 1.165) is 0 Å². The summed E-state index contributed by atoms with van der Waals surface area (Å²) in [4.78, 5) is 21.8. The average molecular weight is 256 g/mol. The van der Waals surface area contributed by atoms with Crippen LogP contribution >= 0.6 is 0 Å². The first-order valence-electron chi connectivity index (χ1n) is 5.32. The highest BCUT2D eigenvalue weighted by molar-refractivity contribution is 5.82. The summed E-state index contributed by atoms with van der Waals surface area (Å²) in [6.07, 6.45) is 3.18. The Balaban J connectivity index is 2.26. The first kappa shape index (κ1) is 14.1. The van der Waals surface area contributed by atoms with Crippen molar-refractivity contribution in [3.8, 4) is 0 Å². The maximum Gasteiger partial charge on any atom is 0.329 e. The predicted octanol–water partition coefficient (Wildman–Crippen LogP) is -1.36. The molecule has 4 N–H and O–H groups in total. The zero-order chi connectivity index (χ0) is 13.5. The van der Waals surface area contributed by atoms with Crippen LogP contribution in [-0.4, -0.2) is 46.5 Å². The van der Waals surface area contributed by atoms with Crippen molar-refractivity contribution in [2.45, 2.75) is 6.04 Å². The van der Waals surface area contributed by atoms with E-state index in [1.807, 2.05) is 0 Å². The minimum absolute atomic E-state index is 0.123. The van der Waals surface area contributed by atoms with Gasteiger partial charge in [0.1, 0.15) is 12.6 Å². The molecule has 0 fully saturated rings. The molecule has 0 spiro atoms. The molecule has 0 aliphatic carbocycles. The van der Waals surface area contributed by atoms with Crippen LogP contribution in [0.5, 0.6) is 0 Å². The molecular formula is C10H16N4O4. The van der Waals surface area contributed by atoms with Crippen LogP contribution in [0.1, 0.15) is 11.6 Å². The van der Waals surface area contributed by atoms with Crippen LogP contribution in [0, 0.1) is 0 Å². The number of nitrogens with two attached hydrogens (primary N) is 1. The Kier molecular flexibility index (Phi) is 5.28. The molecule has 0 saturated heterocycles. The molecule has 1 unspecified atom stereocenters. The van der Waals surface area contributed by atoms with Gasteiger partial charge in [0, 0.05) is 25.4 Å². The van der Waals surface area contributed by atoms with Crippen LogP contribution in [0.2, 0.25) is 0 Å². The third-order valence-corrected chi connectivity index (χ3v) is 2.14. The van der Waals surface area contributed by atoms with Gasteiger partial charge in [-0.05, 0) is 0 Å². The fraction of sp³-hybridized carbons (Fsp3) is 0.500. The Morgan fingerprint density at radius 3 is 2.94 bits per heavy atom. The smallest absolute Gasteiger partial charge is 0.329 e. The molecule has 0 saturated carbocycles. The van der Waals surface area contributed by atoms with E-state index in [1.54, 1.807) is 17.9 Å². The summed E-state index contributed by atoms with van der Waals surface area (Å²) >= 11 is 0. The van der Waals surface area contributed by atoms with Crippen molar-refractivity contribution < 1.29 is 19.4 Å². The molecule has 0 bridgehead atoms. The minimum Gasteiger partial charge on any atom is -0.480 e. The molecule has 8 heteroatoms. The number of carboxylic acids is 1. The van der Waals surface area contributed by atoms with E-state index in [1.165, 1.54) is 6.20 Å². The number of aromatic nitrogens is 2. The fourth-order valence-corrected chi connectivity index (χ4v) is 1.27. The van der Waals surface area contributed by atoms with E-state index in [2.05, 4.69) is 10.4 Å². The highest BCUT2D eigenvalue weighted by Crippen LogP contribution is 2.07. The summed E-state index contributed by atoms with van der Waals surface area (Å²) in [5.74, 6) is -1.41. The van der Waals surface area contributed by atoms with Crippen LogP contribution in [0.4, 0.5) is 0 Å². The molecule has 1 aromatic heterocycles. The number of ether oxygens (including phenoxy) is 1. The zero-order valence-electron chi connectivity index (χ0n) is 10.00. The monoisotopic (exact) mass is 256 g/mol. The van der Waals surface area contributed by atoms with Gasteiger partial charge < -0.3 is 20.9 Å². The summed E-state index contributed by atoms with van der Waals surface area (Å²) in [7, 11) is 1.73. The number of carbonyl (C=O) groups excluding carboxylic acids is 1. The number of hydrogen-bond acceptors (Lipinski definition) is 5. The first-order chi connectivity index (χ1) is 8.50. The Hall–Kier alpha value is -1.93. The van der Waals surface area contributed by atoms with Crippen molar-refractivity contribution in [1.29, 1.82) is 0 Å². The van der Waals surface area contributed by atoms with Crippen molar-refractivity contribution in [3.63, 3.8) is 0 Å². The van der Waals surface area contributed by atoms with Gasteiger partial charge in [-0.1, -0.05) is 0 Å². The van der Waals surface area contributed by atoms with Gasteiger partial charge in [-0.2, -0.15) is 5.10 Å². The van der Waals surface area contributed by atoms with Crippen molar-refractivity contribution in [3.05, 3.63) is 18.0 Å². The van der Waals surface area contributed by atoms with Crippen LogP contribution in [0.25, 0.3) is 0 Å². The molecule has 0 aromatic carbocycles. The topological polar surface area (TPSA) is 119 Å². The van der Waals surface area contributed by atoms with E-state index < -0.39 is 12.0 Å². The minimum atomic E-state index is -1.05. The lowest BCUT2D eigenvalue weighted by molar-refractivity contribution is -0.142. The average Bonchev–Trinajstić information content (AvgIpc) is 2.73. The Labute approximate surface area is 104 Å². The summed E-state index contributed by atoms with van der Waals surface area (Å²) in [5, 5.41) is 14.8. The van der Waals surface area contributed by atoms with E-state index in [9.17, 15) is 9.59 Å². The first-order valence-corrected chi connectivity index (χ1v) is 5.32. The van der Waals surface area contributed by atoms with Gasteiger partial charge in [-0.25, -0.2) is 4.79 Å². The van der Waals surface area contributed by atoms with Gasteiger partial charge in [-0.3, -0.25) is 9.48 Å². The number of carboxylic acid groups (broad SMARTS) is 1. The maximum absolute atomic E-state index is 11.6. The SMILES string of the molecule is Cn1cc(C(N)C(=O)NCCOCC(=O)O)cn1. The molecule has 1 amide bonds. The molecule has 0 aliphatic rings. The number of hydrogen-bond donors (Lipinski definition) is 3. The second-order valence-corrected chi connectivity index (χ2v) is 3.66. The number of nitrogens with one attached hydrogen (secondary N) is 1. The molecule has 8 nitrogen and oxygen atoms in total. The zero-order valence-corrected chi connectivity index (χ0v) is 10.00. The highest BCUT2D eigenvalue weighted by atomic mass is 16.5. The number of amides is 1. The molecule has 1 atom stereocenters. The van der Waals surface area contributed by atoms with Crippen LogP contribution in [-0.2, 0) is 21.4 Å². The van der Waals surface area contributed by atoms with Gasteiger partial charge in [-0.15, -0.1) is 0 Å². The molecule has 0 aliphatic heterocycles. The lowest BCUT2D eigenvalue weighted by Crippen LogP contribution is -2.36. The molecule has 1 heterocycles. The van der Waals surface area contributed by atoms with Gasteiger partial charge in [0.15, 0.2) is 0 Å². The van der Waals surface area contributed by atoms with E-state index in [-0.39, 0.29) is 25.7 Å². The third-order valence-electron chi connectivity index (χ3n) is 2.14.